The second-order valence-corrected chi connectivity index (χ2v) is 5.92. The van der Waals surface area contributed by atoms with E-state index >= 15 is 0 Å². The Morgan fingerprint density at radius 2 is 1.67 bits per heavy atom. The average molecular weight is 309 g/mol. The number of H-pyrrole nitrogens is 1. The van der Waals surface area contributed by atoms with Crippen molar-refractivity contribution in [2.24, 2.45) is 0 Å². The van der Waals surface area contributed by atoms with E-state index in [4.69, 9.17) is 4.98 Å². The molecule has 5 rings (SSSR count). The van der Waals surface area contributed by atoms with Gasteiger partial charge in [0.25, 0.3) is 0 Å². The Morgan fingerprint density at radius 1 is 0.750 bits per heavy atom. The van der Waals surface area contributed by atoms with Gasteiger partial charge in [-0.1, -0.05) is 42.5 Å². The number of nitrogens with one attached hydrogen (secondary N) is 1. The molecule has 0 bridgehead atoms. The van der Waals surface area contributed by atoms with Gasteiger partial charge in [-0.3, -0.25) is 0 Å². The van der Waals surface area contributed by atoms with Crippen LogP contribution in [0.3, 0.4) is 0 Å². The van der Waals surface area contributed by atoms with Gasteiger partial charge in [0.1, 0.15) is 5.65 Å². The van der Waals surface area contributed by atoms with Crippen LogP contribution in [-0.4, -0.2) is 14.4 Å². The SMILES string of the molecule is c1ccc(-c2ccc3nc(-c4cccc5[nH]ccc45)cn3c2)cc1. The van der Waals surface area contributed by atoms with E-state index in [0.717, 1.165) is 22.4 Å². The topological polar surface area (TPSA) is 33.1 Å². The molecule has 0 aliphatic heterocycles. The molecule has 0 spiro atoms. The number of hydrogen-bond acceptors (Lipinski definition) is 1. The Bertz CT molecular complexity index is 1150. The summed E-state index contributed by atoms with van der Waals surface area (Å²) in [5.41, 5.74) is 6.63. The molecular weight excluding hydrogens is 294 g/mol. The van der Waals surface area contributed by atoms with Crippen molar-refractivity contribution in [3.63, 3.8) is 0 Å². The number of rotatable bonds is 2. The standard InChI is InChI=1S/C21H15N3/c1-2-5-15(6-3-1)16-9-10-21-23-20(14-24(21)13-16)17-7-4-8-19-18(17)11-12-22-19/h1-14,22H. The molecule has 3 heteroatoms. The first kappa shape index (κ1) is 13.1. The fraction of sp³-hybridized carbons (Fsp3) is 0. The van der Waals surface area contributed by atoms with Gasteiger partial charge in [-0.05, 0) is 35.4 Å². The highest BCUT2D eigenvalue weighted by atomic mass is 15.0. The summed E-state index contributed by atoms with van der Waals surface area (Å²) in [5.74, 6) is 0. The molecule has 3 heterocycles. The molecule has 5 aromatic rings. The molecule has 2 aromatic carbocycles. The lowest BCUT2D eigenvalue weighted by atomic mass is 10.1. The highest BCUT2D eigenvalue weighted by Crippen LogP contribution is 2.28. The highest BCUT2D eigenvalue weighted by molar-refractivity contribution is 5.94. The number of hydrogen-bond donors (Lipinski definition) is 1. The van der Waals surface area contributed by atoms with Gasteiger partial charge in [0.05, 0.1) is 5.69 Å². The van der Waals surface area contributed by atoms with Crippen LogP contribution in [0.5, 0.6) is 0 Å². The summed E-state index contributed by atoms with van der Waals surface area (Å²) >= 11 is 0. The van der Waals surface area contributed by atoms with Crippen molar-refractivity contribution in [3.05, 3.63) is 85.3 Å². The maximum Gasteiger partial charge on any atom is 0.137 e. The number of benzene rings is 2. The zero-order valence-electron chi connectivity index (χ0n) is 13.0. The number of pyridine rings is 1. The van der Waals surface area contributed by atoms with Crippen LogP contribution in [0.1, 0.15) is 0 Å². The van der Waals surface area contributed by atoms with E-state index in [2.05, 4.69) is 82.4 Å². The van der Waals surface area contributed by atoms with Gasteiger partial charge < -0.3 is 9.38 Å². The van der Waals surface area contributed by atoms with Crippen molar-refractivity contribution >= 4 is 16.6 Å². The molecular formula is C21H15N3. The lowest BCUT2D eigenvalue weighted by Gasteiger charge is -2.01. The van der Waals surface area contributed by atoms with Crippen molar-refractivity contribution in [1.82, 2.24) is 14.4 Å². The lowest BCUT2D eigenvalue weighted by Crippen LogP contribution is -1.84. The minimum Gasteiger partial charge on any atom is -0.361 e. The second-order valence-electron chi connectivity index (χ2n) is 5.92. The maximum absolute atomic E-state index is 4.80. The minimum atomic E-state index is 0.956. The van der Waals surface area contributed by atoms with Crippen LogP contribution in [0.25, 0.3) is 38.9 Å². The molecule has 3 nitrogen and oxygen atoms in total. The Labute approximate surface area is 139 Å². The first-order valence-corrected chi connectivity index (χ1v) is 7.99. The average Bonchev–Trinajstić information content (AvgIpc) is 3.28. The van der Waals surface area contributed by atoms with Crippen LogP contribution >= 0.6 is 0 Å². The van der Waals surface area contributed by atoms with E-state index in [9.17, 15) is 0 Å². The maximum atomic E-state index is 4.80. The van der Waals surface area contributed by atoms with Crippen LogP contribution in [0.15, 0.2) is 85.3 Å². The van der Waals surface area contributed by atoms with Crippen molar-refractivity contribution in [3.8, 4) is 22.4 Å². The smallest absolute Gasteiger partial charge is 0.137 e. The Hall–Kier alpha value is -3.33. The van der Waals surface area contributed by atoms with Crippen LogP contribution in [0.4, 0.5) is 0 Å². The van der Waals surface area contributed by atoms with E-state index in [-0.39, 0.29) is 0 Å². The Balaban J connectivity index is 1.68. The van der Waals surface area contributed by atoms with Gasteiger partial charge in [-0.15, -0.1) is 0 Å². The zero-order valence-corrected chi connectivity index (χ0v) is 13.0. The van der Waals surface area contributed by atoms with Gasteiger partial charge in [0.2, 0.25) is 0 Å². The summed E-state index contributed by atoms with van der Waals surface area (Å²) in [7, 11) is 0. The molecule has 0 atom stereocenters. The van der Waals surface area contributed by atoms with Crippen LogP contribution in [0, 0.1) is 0 Å². The summed E-state index contributed by atoms with van der Waals surface area (Å²) in [6, 6.07) is 23.0. The number of nitrogens with zero attached hydrogens (tertiary/aromatic N) is 2. The quantitative estimate of drug-likeness (QED) is 0.480. The number of aromatic amines is 1. The van der Waals surface area contributed by atoms with Gasteiger partial charge in [0.15, 0.2) is 0 Å². The molecule has 0 saturated heterocycles. The van der Waals surface area contributed by atoms with Gasteiger partial charge in [-0.2, -0.15) is 0 Å². The number of imidazole rings is 1. The fourth-order valence-corrected chi connectivity index (χ4v) is 3.23. The molecule has 114 valence electrons. The summed E-state index contributed by atoms with van der Waals surface area (Å²) in [6.45, 7) is 0. The third-order valence-electron chi connectivity index (χ3n) is 4.43. The number of fused-ring (bicyclic) bond motifs is 2. The van der Waals surface area contributed by atoms with Gasteiger partial charge >= 0.3 is 0 Å². The van der Waals surface area contributed by atoms with Gasteiger partial charge in [-0.25, -0.2) is 4.98 Å². The van der Waals surface area contributed by atoms with E-state index in [1.54, 1.807) is 0 Å². The monoisotopic (exact) mass is 309 g/mol. The van der Waals surface area contributed by atoms with Crippen LogP contribution < -0.4 is 0 Å². The molecule has 0 aliphatic carbocycles. The zero-order chi connectivity index (χ0) is 15.9. The highest BCUT2D eigenvalue weighted by Gasteiger charge is 2.09. The summed E-state index contributed by atoms with van der Waals surface area (Å²) < 4.78 is 2.10. The van der Waals surface area contributed by atoms with Crippen molar-refractivity contribution in [1.29, 1.82) is 0 Å². The summed E-state index contributed by atoms with van der Waals surface area (Å²) in [5, 5.41) is 1.20. The molecule has 0 amide bonds. The van der Waals surface area contributed by atoms with E-state index in [1.807, 2.05) is 12.3 Å². The molecule has 24 heavy (non-hydrogen) atoms. The molecule has 0 radical (unpaired) electrons. The predicted octanol–water partition coefficient (Wildman–Crippen LogP) is 5.15. The molecule has 0 saturated carbocycles. The van der Waals surface area contributed by atoms with E-state index < -0.39 is 0 Å². The van der Waals surface area contributed by atoms with Crippen LogP contribution in [0.2, 0.25) is 0 Å². The van der Waals surface area contributed by atoms with Crippen molar-refractivity contribution in [2.45, 2.75) is 0 Å². The Kier molecular flexibility index (Phi) is 2.79. The van der Waals surface area contributed by atoms with Crippen molar-refractivity contribution < 1.29 is 0 Å². The first-order chi connectivity index (χ1) is 11.9. The van der Waals surface area contributed by atoms with Crippen molar-refractivity contribution in [2.75, 3.05) is 0 Å². The third kappa shape index (κ3) is 2.02. The first-order valence-electron chi connectivity index (χ1n) is 7.99. The van der Waals surface area contributed by atoms with E-state index in [0.29, 0.717) is 0 Å². The normalized spacial score (nSPS) is 11.3. The second kappa shape index (κ2) is 5.10. The minimum absolute atomic E-state index is 0.956. The molecule has 0 aliphatic rings. The third-order valence-corrected chi connectivity index (χ3v) is 4.43. The van der Waals surface area contributed by atoms with Gasteiger partial charge in [0, 0.05) is 35.1 Å². The molecule has 0 fully saturated rings. The summed E-state index contributed by atoms with van der Waals surface area (Å²) in [4.78, 5) is 8.06. The fourth-order valence-electron chi connectivity index (χ4n) is 3.23. The molecule has 3 aromatic heterocycles. The van der Waals surface area contributed by atoms with E-state index in [1.165, 1.54) is 16.5 Å². The summed E-state index contributed by atoms with van der Waals surface area (Å²) in [6.07, 6.45) is 6.21. The largest absolute Gasteiger partial charge is 0.361 e. The molecule has 1 N–H and O–H groups in total. The Morgan fingerprint density at radius 3 is 2.58 bits per heavy atom. The van der Waals surface area contributed by atoms with Crippen LogP contribution in [-0.2, 0) is 0 Å². The molecule has 0 unspecified atom stereocenters. The predicted molar refractivity (Wildman–Crippen MR) is 97.9 cm³/mol. The number of aromatic nitrogens is 3. The lowest BCUT2D eigenvalue weighted by molar-refractivity contribution is 1.19.